The number of rotatable bonds is 0. The number of hydrogen-bond donors (Lipinski definition) is 3. The van der Waals surface area contributed by atoms with E-state index in [4.69, 9.17) is 19.2 Å². The van der Waals surface area contributed by atoms with Crippen LogP contribution in [-0.4, -0.2) is 46.4 Å². The van der Waals surface area contributed by atoms with Crippen LogP contribution in [0.4, 0.5) is 0 Å². The van der Waals surface area contributed by atoms with Crippen molar-refractivity contribution < 1.29 is 24.7 Å². The molecule has 0 amide bonds. The Hall–Kier alpha value is 0.953. The molecular weight excluding hydrogens is 320 g/mol. The topological polar surface area (TPSA) is 109 Å². The van der Waals surface area contributed by atoms with Crippen LogP contribution < -0.4 is 0 Å². The Morgan fingerprint density at radius 3 is 1.14 bits per heavy atom. The Morgan fingerprint density at radius 1 is 1.14 bits per heavy atom. The summed E-state index contributed by atoms with van der Waals surface area (Å²) >= 11 is 0. The monoisotopic (exact) mass is 328 g/mol. The van der Waals surface area contributed by atoms with Crippen LogP contribution in [0.2, 0.25) is 0 Å². The molecule has 0 aromatic heterocycles. The Kier molecular flexibility index (Phi) is 11.4. The van der Waals surface area contributed by atoms with Gasteiger partial charge in [0, 0.05) is 0 Å². The van der Waals surface area contributed by atoms with Crippen molar-refractivity contribution >= 4 is 34.0 Å². The van der Waals surface area contributed by atoms with E-state index in [0.29, 0.717) is 0 Å². The Bertz CT molecular complexity index is 54.2. The van der Waals surface area contributed by atoms with Gasteiger partial charge in [0.25, 0.3) is 0 Å². The zero-order valence-electron chi connectivity index (χ0n) is 3.40. The molecule has 0 fully saturated rings. The van der Waals surface area contributed by atoms with Gasteiger partial charge in [0.1, 0.15) is 0 Å². The third-order valence-electron chi connectivity index (χ3n) is 0. The minimum atomic E-state index is -4.64. The van der Waals surface area contributed by atoms with E-state index in [2.05, 4.69) is 0 Å². The molecule has 0 aliphatic rings. The summed E-state index contributed by atoms with van der Waals surface area (Å²) in [7, 11) is -4.64. The fourth-order valence-electron chi connectivity index (χ4n) is 0. The fourth-order valence-corrected chi connectivity index (χ4v) is 0. The van der Waals surface area contributed by atoms with Gasteiger partial charge < -0.3 is 20.2 Å². The van der Waals surface area contributed by atoms with Crippen molar-refractivity contribution in [1.29, 1.82) is 0 Å². The minimum absolute atomic E-state index is 0. The number of phosphoric acid groups is 1. The molecule has 7 heteroatoms. The van der Waals surface area contributed by atoms with Gasteiger partial charge in [-0.1, -0.05) is 0 Å². The first-order valence-corrected chi connectivity index (χ1v) is 2.35. The summed E-state index contributed by atoms with van der Waals surface area (Å²) in [6, 6.07) is 0. The Balaban J connectivity index is -0.0000000800. The van der Waals surface area contributed by atoms with Crippen molar-refractivity contribution in [3.05, 3.63) is 0 Å². The predicted octanol–water partition coefficient (Wildman–Crippen LogP) is -2.94. The summed E-state index contributed by atoms with van der Waals surface area (Å²) in [4.78, 5) is 21.6. The van der Waals surface area contributed by atoms with Gasteiger partial charge in [-0.25, -0.2) is 4.57 Å². The van der Waals surface area contributed by atoms with E-state index in [1.807, 2.05) is 0 Å². The first kappa shape index (κ1) is 15.7. The quantitative estimate of drug-likeness (QED) is 0.327. The molecule has 0 saturated heterocycles. The Morgan fingerprint density at radius 2 is 1.14 bits per heavy atom. The van der Waals surface area contributed by atoms with Gasteiger partial charge in [0.05, 0.1) is 0 Å². The van der Waals surface area contributed by atoms with Crippen LogP contribution in [0.5, 0.6) is 0 Å². The van der Waals surface area contributed by atoms with Crippen molar-refractivity contribution in [3.8, 4) is 0 Å². The van der Waals surface area contributed by atoms with E-state index in [-0.39, 0.29) is 31.7 Å². The molecule has 5 N–H and O–H groups in total. The van der Waals surface area contributed by atoms with Crippen molar-refractivity contribution in [2.75, 3.05) is 0 Å². The van der Waals surface area contributed by atoms with E-state index in [1.54, 1.807) is 0 Å². The van der Waals surface area contributed by atoms with Crippen molar-refractivity contribution in [3.63, 3.8) is 0 Å². The van der Waals surface area contributed by atoms with Crippen molar-refractivity contribution in [2.45, 2.75) is 0 Å². The molecule has 0 spiro atoms. The molecule has 48 valence electrons. The summed E-state index contributed by atoms with van der Waals surface area (Å²) < 4.78 is 8.88. The molecule has 7 heavy (non-hydrogen) atoms. The SMILES string of the molecule is O.O=P(O)(O)O.[BiH3]. The summed E-state index contributed by atoms with van der Waals surface area (Å²) in [5, 5.41) is 0. The van der Waals surface area contributed by atoms with Crippen LogP contribution in [0.3, 0.4) is 0 Å². The fraction of sp³-hybridized carbons (Fsp3) is 0. The number of hydrogen-bond acceptors (Lipinski definition) is 1. The van der Waals surface area contributed by atoms with Gasteiger partial charge in [0.2, 0.25) is 0 Å². The van der Waals surface area contributed by atoms with Gasteiger partial charge in [0.15, 0.2) is 0 Å². The summed E-state index contributed by atoms with van der Waals surface area (Å²) in [5.74, 6) is 0. The molecule has 0 saturated carbocycles. The molecule has 5 nitrogen and oxygen atoms in total. The van der Waals surface area contributed by atoms with Gasteiger partial charge >= 0.3 is 34.0 Å². The molecule has 0 rings (SSSR count). The van der Waals surface area contributed by atoms with Crippen LogP contribution >= 0.6 is 7.82 Å². The second-order valence-corrected chi connectivity index (χ2v) is 1.54. The van der Waals surface area contributed by atoms with Gasteiger partial charge in [-0.05, 0) is 0 Å². The zero-order valence-corrected chi connectivity index (χ0v) is 9.80. The van der Waals surface area contributed by atoms with Crippen molar-refractivity contribution in [1.82, 2.24) is 0 Å². The van der Waals surface area contributed by atoms with Crippen LogP contribution in [-0.2, 0) is 4.57 Å². The molecule has 0 aromatic rings. The second kappa shape index (κ2) is 5.10. The summed E-state index contributed by atoms with van der Waals surface area (Å²) in [5.41, 5.74) is 0. The zero-order chi connectivity index (χ0) is 4.50. The van der Waals surface area contributed by atoms with Crippen LogP contribution in [0.1, 0.15) is 0 Å². The molecule has 0 aliphatic heterocycles. The standard InChI is InChI=1S/Bi.H3O4P.H2O.3H/c;1-5(2,3)4;;;;/h;(H3,1,2,3,4);1H2;;;. The average molecular weight is 328 g/mol. The molecule has 0 atom stereocenters. The van der Waals surface area contributed by atoms with E-state index >= 15 is 0 Å². The molecule has 0 unspecified atom stereocenters. The van der Waals surface area contributed by atoms with Crippen LogP contribution in [0, 0.1) is 0 Å². The van der Waals surface area contributed by atoms with Crippen LogP contribution in [0.15, 0.2) is 0 Å². The maximum atomic E-state index is 8.88. The first-order chi connectivity index (χ1) is 2.00. The predicted molar refractivity (Wildman–Crippen MR) is 27.8 cm³/mol. The van der Waals surface area contributed by atoms with E-state index in [0.717, 1.165) is 0 Å². The molecule has 0 heterocycles. The van der Waals surface area contributed by atoms with E-state index < -0.39 is 7.82 Å². The van der Waals surface area contributed by atoms with Gasteiger partial charge in [-0.15, -0.1) is 0 Å². The summed E-state index contributed by atoms with van der Waals surface area (Å²) in [6.07, 6.45) is 0. The van der Waals surface area contributed by atoms with Crippen molar-refractivity contribution in [2.24, 2.45) is 0 Å². The second-order valence-electron chi connectivity index (χ2n) is 0.513. The first-order valence-electron chi connectivity index (χ1n) is 0.783. The normalized spacial score (nSPS) is 8.43. The molecule has 0 radical (unpaired) electrons. The van der Waals surface area contributed by atoms with Gasteiger partial charge in [-0.2, -0.15) is 0 Å². The van der Waals surface area contributed by atoms with E-state index in [1.165, 1.54) is 0 Å². The molecular formula is H8BiO5P. The molecule has 0 aliphatic carbocycles. The average Bonchev–Trinajstić information content (AvgIpc) is 0.722. The summed E-state index contributed by atoms with van der Waals surface area (Å²) in [6.45, 7) is 0. The molecule has 0 aromatic carbocycles. The Labute approximate surface area is 59.0 Å². The third kappa shape index (κ3) is 188. The maximum absolute atomic E-state index is 8.88. The third-order valence-corrected chi connectivity index (χ3v) is 0. The molecule has 0 bridgehead atoms. The van der Waals surface area contributed by atoms with Crippen LogP contribution in [0.25, 0.3) is 0 Å². The van der Waals surface area contributed by atoms with E-state index in [9.17, 15) is 0 Å². The van der Waals surface area contributed by atoms with Gasteiger partial charge in [-0.3, -0.25) is 0 Å².